The van der Waals surface area contributed by atoms with Crippen molar-refractivity contribution >= 4 is 6.09 Å². The second-order valence-electron chi connectivity index (χ2n) is 6.06. The molecule has 1 aliphatic rings. The van der Waals surface area contributed by atoms with Gasteiger partial charge in [0.05, 0.1) is 11.9 Å². The number of nitrogens with two attached hydrogens (primary N) is 1. The van der Waals surface area contributed by atoms with Crippen molar-refractivity contribution in [3.05, 3.63) is 35.9 Å². The number of rotatable bonds is 3. The zero-order valence-corrected chi connectivity index (χ0v) is 13.2. The second kappa shape index (κ2) is 6.18. The highest BCUT2D eigenvalue weighted by Crippen LogP contribution is 2.43. The second-order valence-corrected chi connectivity index (χ2v) is 6.06. The molecular formula is C16H18F2N4O2. The molecule has 2 heterocycles. The number of ether oxygens (including phenoxy) is 1. The molecule has 1 amide bonds. The van der Waals surface area contributed by atoms with Crippen LogP contribution in [-0.2, 0) is 0 Å². The van der Waals surface area contributed by atoms with Crippen LogP contribution < -0.4 is 10.5 Å². The van der Waals surface area contributed by atoms with Crippen molar-refractivity contribution in [2.75, 3.05) is 0 Å². The van der Waals surface area contributed by atoms with Crippen LogP contribution in [0.1, 0.15) is 42.9 Å². The van der Waals surface area contributed by atoms with E-state index in [1.807, 2.05) is 6.92 Å². The highest BCUT2D eigenvalue weighted by molar-refractivity contribution is 5.70. The van der Waals surface area contributed by atoms with Gasteiger partial charge in [0.25, 0.3) is 0 Å². The van der Waals surface area contributed by atoms with E-state index in [9.17, 15) is 13.6 Å². The van der Waals surface area contributed by atoms with Crippen LogP contribution in [0.2, 0.25) is 0 Å². The fraction of sp³-hybridized carbons (Fsp3) is 0.438. The lowest BCUT2D eigenvalue weighted by molar-refractivity contribution is -0.0386. The van der Waals surface area contributed by atoms with Gasteiger partial charge in [0.2, 0.25) is 5.92 Å². The Morgan fingerprint density at radius 2 is 2.12 bits per heavy atom. The third-order valence-corrected chi connectivity index (χ3v) is 4.18. The lowest BCUT2D eigenvalue weighted by Gasteiger charge is -2.28. The van der Waals surface area contributed by atoms with E-state index in [0.29, 0.717) is 11.4 Å². The zero-order chi connectivity index (χ0) is 17.3. The molecular weight excluding hydrogens is 318 g/mol. The molecule has 128 valence electrons. The number of halogens is 2. The number of alkyl halides is 2. The smallest absolute Gasteiger partial charge is 0.406 e. The predicted molar refractivity (Wildman–Crippen MR) is 82.5 cm³/mol. The summed E-state index contributed by atoms with van der Waals surface area (Å²) in [6, 6.07) is 1.64. The number of hydrogen-bond acceptors (Lipinski definition) is 4. The number of primary amides is 1. The average Bonchev–Trinajstić information content (AvgIpc) is 2.94. The molecule has 1 fully saturated rings. The van der Waals surface area contributed by atoms with Crippen LogP contribution in [0, 0.1) is 6.92 Å². The summed E-state index contributed by atoms with van der Waals surface area (Å²) in [6.07, 6.45) is 4.14. The number of nitrogens with zero attached hydrogens (tertiary/aromatic N) is 3. The number of amides is 1. The molecule has 0 unspecified atom stereocenters. The summed E-state index contributed by atoms with van der Waals surface area (Å²) in [6.45, 7) is 1.88. The Labute approximate surface area is 137 Å². The van der Waals surface area contributed by atoms with E-state index >= 15 is 0 Å². The van der Waals surface area contributed by atoms with Crippen LogP contribution in [0.15, 0.2) is 24.7 Å². The molecule has 0 spiro atoms. The Bertz CT molecular complexity index is 750. The molecule has 0 atom stereocenters. The Morgan fingerprint density at radius 1 is 1.42 bits per heavy atom. The van der Waals surface area contributed by atoms with E-state index in [4.69, 9.17) is 10.5 Å². The standard InChI is InChI=1S/C16H18F2N4O2/c1-10-8-21-22(9-10)12-4-7-20-13(14(12)24-15(19)23)11-2-5-16(17,18)6-3-11/h4,7-9,11H,2-3,5-6H2,1H3,(H2,19,23). The minimum Gasteiger partial charge on any atom is -0.406 e. The maximum Gasteiger partial charge on any atom is 0.410 e. The molecule has 24 heavy (non-hydrogen) atoms. The van der Waals surface area contributed by atoms with Crippen molar-refractivity contribution in [1.82, 2.24) is 14.8 Å². The van der Waals surface area contributed by atoms with Crippen molar-refractivity contribution in [3.8, 4) is 11.4 Å². The van der Waals surface area contributed by atoms with Crippen molar-refractivity contribution in [3.63, 3.8) is 0 Å². The number of aryl methyl sites for hydroxylation is 1. The molecule has 1 saturated carbocycles. The third-order valence-electron chi connectivity index (χ3n) is 4.18. The first-order valence-electron chi connectivity index (χ1n) is 7.71. The Hall–Kier alpha value is -2.51. The molecule has 0 aromatic carbocycles. The Morgan fingerprint density at radius 3 is 2.71 bits per heavy atom. The van der Waals surface area contributed by atoms with Crippen LogP contribution in [0.5, 0.6) is 5.75 Å². The zero-order valence-electron chi connectivity index (χ0n) is 13.2. The van der Waals surface area contributed by atoms with Gasteiger partial charge in [0.1, 0.15) is 5.69 Å². The summed E-state index contributed by atoms with van der Waals surface area (Å²) in [5.74, 6) is -2.67. The van der Waals surface area contributed by atoms with Crippen LogP contribution in [0.25, 0.3) is 5.69 Å². The molecule has 8 heteroatoms. The first kappa shape index (κ1) is 16.4. The fourth-order valence-corrected chi connectivity index (χ4v) is 2.99. The number of carbonyl (C=O) groups is 1. The third kappa shape index (κ3) is 3.37. The summed E-state index contributed by atoms with van der Waals surface area (Å²) in [4.78, 5) is 15.6. The fourth-order valence-electron chi connectivity index (χ4n) is 2.99. The largest absolute Gasteiger partial charge is 0.410 e. The summed E-state index contributed by atoms with van der Waals surface area (Å²) >= 11 is 0. The number of aromatic nitrogens is 3. The van der Waals surface area contributed by atoms with Gasteiger partial charge in [-0.1, -0.05) is 0 Å². The van der Waals surface area contributed by atoms with Gasteiger partial charge in [-0.3, -0.25) is 4.98 Å². The lowest BCUT2D eigenvalue weighted by atomic mass is 9.84. The summed E-state index contributed by atoms with van der Waals surface area (Å²) in [7, 11) is 0. The van der Waals surface area contributed by atoms with Gasteiger partial charge in [0.15, 0.2) is 5.75 Å². The Balaban J connectivity index is 2.01. The van der Waals surface area contributed by atoms with E-state index in [1.165, 1.54) is 0 Å². The van der Waals surface area contributed by atoms with Gasteiger partial charge in [-0.2, -0.15) is 5.10 Å². The number of carbonyl (C=O) groups excluding carboxylic acids is 1. The summed E-state index contributed by atoms with van der Waals surface area (Å²) < 4.78 is 33.5. The predicted octanol–water partition coefficient (Wildman–Crippen LogP) is 3.33. The monoisotopic (exact) mass is 336 g/mol. The SMILES string of the molecule is Cc1cnn(-c2ccnc(C3CCC(F)(F)CC3)c2OC(N)=O)c1. The van der Waals surface area contributed by atoms with Gasteiger partial charge in [0, 0.05) is 31.2 Å². The molecule has 3 rings (SSSR count). The van der Waals surface area contributed by atoms with Crippen LogP contribution in [0.3, 0.4) is 0 Å². The first-order chi connectivity index (χ1) is 11.4. The molecule has 0 bridgehead atoms. The van der Waals surface area contributed by atoms with Gasteiger partial charge in [-0.15, -0.1) is 0 Å². The van der Waals surface area contributed by atoms with Gasteiger partial charge < -0.3 is 10.5 Å². The molecule has 2 aromatic rings. The van der Waals surface area contributed by atoms with E-state index < -0.39 is 12.0 Å². The van der Waals surface area contributed by atoms with E-state index in [2.05, 4.69) is 10.1 Å². The lowest BCUT2D eigenvalue weighted by Crippen LogP contribution is -2.25. The highest BCUT2D eigenvalue weighted by Gasteiger charge is 2.37. The van der Waals surface area contributed by atoms with Gasteiger partial charge >= 0.3 is 6.09 Å². The molecule has 2 N–H and O–H groups in total. The van der Waals surface area contributed by atoms with Crippen molar-refractivity contribution in [2.45, 2.75) is 44.4 Å². The van der Waals surface area contributed by atoms with Crippen molar-refractivity contribution < 1.29 is 18.3 Å². The molecule has 2 aromatic heterocycles. The number of hydrogen-bond donors (Lipinski definition) is 1. The summed E-state index contributed by atoms with van der Waals surface area (Å²) in [5.41, 5.74) is 7.08. The van der Waals surface area contributed by atoms with E-state index in [1.54, 1.807) is 29.3 Å². The molecule has 1 aliphatic carbocycles. The summed E-state index contributed by atoms with van der Waals surface area (Å²) in [5, 5.41) is 4.20. The van der Waals surface area contributed by atoms with Crippen LogP contribution >= 0.6 is 0 Å². The number of pyridine rings is 1. The van der Waals surface area contributed by atoms with Crippen LogP contribution in [-0.4, -0.2) is 26.8 Å². The highest BCUT2D eigenvalue weighted by atomic mass is 19.3. The van der Waals surface area contributed by atoms with E-state index in [-0.39, 0.29) is 37.4 Å². The maximum absolute atomic E-state index is 13.4. The molecule has 0 aliphatic heterocycles. The Kier molecular flexibility index (Phi) is 4.21. The van der Waals surface area contributed by atoms with E-state index in [0.717, 1.165) is 5.56 Å². The van der Waals surface area contributed by atoms with Gasteiger partial charge in [-0.05, 0) is 31.4 Å². The minimum absolute atomic E-state index is 0.184. The van der Waals surface area contributed by atoms with Crippen molar-refractivity contribution in [1.29, 1.82) is 0 Å². The topological polar surface area (TPSA) is 83.0 Å². The molecule has 0 radical (unpaired) electrons. The maximum atomic E-state index is 13.4. The van der Waals surface area contributed by atoms with Gasteiger partial charge in [-0.25, -0.2) is 18.3 Å². The molecule has 0 saturated heterocycles. The normalized spacial score (nSPS) is 17.6. The quantitative estimate of drug-likeness (QED) is 0.932. The molecule has 6 nitrogen and oxygen atoms in total. The van der Waals surface area contributed by atoms with Crippen LogP contribution in [0.4, 0.5) is 13.6 Å². The minimum atomic E-state index is -2.64. The first-order valence-corrected chi connectivity index (χ1v) is 7.71. The van der Waals surface area contributed by atoms with Crippen molar-refractivity contribution in [2.24, 2.45) is 5.73 Å². The average molecular weight is 336 g/mol.